The van der Waals surface area contributed by atoms with Crippen molar-refractivity contribution in [3.05, 3.63) is 96.6 Å². The summed E-state index contributed by atoms with van der Waals surface area (Å²) in [6.45, 7) is 0.541. The summed E-state index contributed by atoms with van der Waals surface area (Å²) in [7, 11) is 3.29. The van der Waals surface area contributed by atoms with Crippen LogP contribution in [-0.4, -0.2) is 41.8 Å². The number of hydrogen-bond acceptors (Lipinski definition) is 5. The molecule has 1 fully saturated rings. The first-order valence-corrected chi connectivity index (χ1v) is 12.5. The third-order valence-corrected chi connectivity index (χ3v) is 6.81. The molecule has 0 spiro atoms. The second kappa shape index (κ2) is 11.3. The van der Waals surface area contributed by atoms with Gasteiger partial charge in [0.15, 0.2) is 0 Å². The van der Waals surface area contributed by atoms with Gasteiger partial charge in [-0.1, -0.05) is 48.5 Å². The van der Waals surface area contributed by atoms with Gasteiger partial charge in [-0.3, -0.25) is 9.36 Å². The molecule has 1 amide bonds. The molecule has 5 rings (SSSR count). The Bertz CT molecular complexity index is 1310. The molecule has 0 radical (unpaired) electrons. The topological polar surface area (TPSA) is 74.6 Å². The van der Waals surface area contributed by atoms with Gasteiger partial charge in [0.05, 0.1) is 51.1 Å². The van der Waals surface area contributed by atoms with Crippen LogP contribution in [-0.2, 0) is 11.3 Å². The van der Waals surface area contributed by atoms with Gasteiger partial charge in [0.1, 0.15) is 17.2 Å². The van der Waals surface area contributed by atoms with Gasteiger partial charge in [-0.05, 0) is 54.7 Å². The van der Waals surface area contributed by atoms with Gasteiger partial charge < -0.3 is 19.5 Å². The first-order valence-electron chi connectivity index (χ1n) is 12.5. The molecule has 0 aliphatic heterocycles. The Morgan fingerprint density at radius 1 is 0.946 bits per heavy atom. The van der Waals surface area contributed by atoms with Crippen LogP contribution in [0.4, 0.5) is 0 Å². The smallest absolute Gasteiger partial charge is 0.270 e. The summed E-state index contributed by atoms with van der Waals surface area (Å²) in [5, 5.41) is 3.19. The van der Waals surface area contributed by atoms with Crippen LogP contribution in [0.25, 0.3) is 16.8 Å². The van der Waals surface area contributed by atoms with Crippen LogP contribution in [0.15, 0.2) is 85.3 Å². The number of carbonyl (C=O) groups is 1. The predicted molar refractivity (Wildman–Crippen MR) is 142 cm³/mol. The highest BCUT2D eigenvalue weighted by Gasteiger charge is 2.30. The molecular formula is C30H31N3O4. The number of aromatic nitrogens is 2. The lowest BCUT2D eigenvalue weighted by molar-refractivity contribution is 0.0271. The van der Waals surface area contributed by atoms with Crippen molar-refractivity contribution in [1.82, 2.24) is 14.9 Å². The molecule has 37 heavy (non-hydrogen) atoms. The SMILES string of the molecule is COc1cccc(OC)c1-c1ccc(-n2cncc2C(=O)NC2CCC[C@H]2OCc2ccccc2)cc1. The van der Waals surface area contributed by atoms with Crippen LogP contribution in [0.5, 0.6) is 11.5 Å². The van der Waals surface area contributed by atoms with Crippen molar-refractivity contribution in [3.63, 3.8) is 0 Å². The standard InChI is InChI=1S/C30H31N3O4/c1-35-27-12-7-13-28(36-2)29(27)22-14-16-23(17-15-22)33-20-31-18-25(33)30(34)32-24-10-6-11-26(24)37-19-21-8-4-3-5-9-21/h3-5,7-9,12-18,20,24,26H,6,10-11,19H2,1-2H3,(H,32,34)/t24?,26-/m1/s1. The lowest BCUT2D eigenvalue weighted by atomic mass is 10.0. The molecule has 7 nitrogen and oxygen atoms in total. The van der Waals surface area contributed by atoms with Gasteiger partial charge in [-0.2, -0.15) is 0 Å². The summed E-state index contributed by atoms with van der Waals surface area (Å²) in [6.07, 6.45) is 6.11. The number of nitrogens with one attached hydrogen (secondary N) is 1. The van der Waals surface area contributed by atoms with E-state index in [0.29, 0.717) is 12.3 Å². The van der Waals surface area contributed by atoms with E-state index in [2.05, 4.69) is 22.4 Å². The van der Waals surface area contributed by atoms with Gasteiger partial charge in [0.25, 0.3) is 5.91 Å². The van der Waals surface area contributed by atoms with Crippen LogP contribution in [0.2, 0.25) is 0 Å². The van der Waals surface area contributed by atoms with Gasteiger partial charge in [0, 0.05) is 5.69 Å². The normalized spacial score (nSPS) is 16.9. The zero-order valence-electron chi connectivity index (χ0n) is 21.1. The van der Waals surface area contributed by atoms with Crippen molar-refractivity contribution in [2.75, 3.05) is 14.2 Å². The minimum atomic E-state index is -0.159. The number of rotatable bonds is 9. The molecule has 190 valence electrons. The number of imidazole rings is 1. The maximum absolute atomic E-state index is 13.3. The third-order valence-electron chi connectivity index (χ3n) is 6.81. The minimum Gasteiger partial charge on any atom is -0.496 e. The summed E-state index contributed by atoms with van der Waals surface area (Å²) in [4.78, 5) is 17.5. The first kappa shape index (κ1) is 24.6. The second-order valence-electron chi connectivity index (χ2n) is 9.08. The van der Waals surface area contributed by atoms with Crippen LogP contribution < -0.4 is 14.8 Å². The summed E-state index contributed by atoms with van der Waals surface area (Å²) >= 11 is 0. The Morgan fingerprint density at radius 3 is 2.38 bits per heavy atom. The predicted octanol–water partition coefficient (Wildman–Crippen LogP) is 5.42. The fraction of sp³-hybridized carbons (Fsp3) is 0.267. The Kier molecular flexibility index (Phi) is 7.51. The van der Waals surface area contributed by atoms with Gasteiger partial charge in [-0.15, -0.1) is 0 Å². The van der Waals surface area contributed by atoms with E-state index in [1.54, 1.807) is 31.3 Å². The zero-order valence-corrected chi connectivity index (χ0v) is 21.1. The van der Waals surface area contributed by atoms with Crippen molar-refractivity contribution in [1.29, 1.82) is 0 Å². The van der Waals surface area contributed by atoms with Crippen molar-refractivity contribution >= 4 is 5.91 Å². The van der Waals surface area contributed by atoms with Crippen LogP contribution in [0.3, 0.4) is 0 Å². The Balaban J connectivity index is 1.30. The average Bonchev–Trinajstić information content (AvgIpc) is 3.62. The zero-order chi connectivity index (χ0) is 25.6. The van der Waals surface area contributed by atoms with E-state index in [9.17, 15) is 4.79 Å². The Hall–Kier alpha value is -4.10. The molecule has 1 saturated carbocycles. The lowest BCUT2D eigenvalue weighted by Crippen LogP contribution is -2.41. The second-order valence-corrected chi connectivity index (χ2v) is 9.08. The monoisotopic (exact) mass is 497 g/mol. The summed E-state index contributed by atoms with van der Waals surface area (Å²) in [6, 6.07) is 23.7. The van der Waals surface area contributed by atoms with Crippen molar-refractivity contribution in [2.24, 2.45) is 0 Å². The average molecular weight is 498 g/mol. The molecule has 0 bridgehead atoms. The van der Waals surface area contributed by atoms with Crippen molar-refractivity contribution < 1.29 is 19.0 Å². The largest absolute Gasteiger partial charge is 0.496 e. The summed E-state index contributed by atoms with van der Waals surface area (Å²) in [5.41, 5.74) is 4.28. The fourth-order valence-corrected chi connectivity index (χ4v) is 4.90. The van der Waals surface area contributed by atoms with Crippen molar-refractivity contribution in [2.45, 2.75) is 38.0 Å². The maximum atomic E-state index is 13.3. The molecule has 7 heteroatoms. The number of ether oxygens (including phenoxy) is 3. The quantitative estimate of drug-likeness (QED) is 0.334. The number of hydrogen-bond donors (Lipinski definition) is 1. The molecule has 1 unspecified atom stereocenters. The highest BCUT2D eigenvalue weighted by Crippen LogP contribution is 2.38. The van der Waals surface area contributed by atoms with E-state index in [1.807, 2.05) is 60.7 Å². The van der Waals surface area contributed by atoms with E-state index >= 15 is 0 Å². The van der Waals surface area contributed by atoms with Crippen LogP contribution >= 0.6 is 0 Å². The summed E-state index contributed by atoms with van der Waals surface area (Å²) < 4.78 is 19.1. The van der Waals surface area contributed by atoms with Gasteiger partial charge in [-0.25, -0.2) is 4.98 Å². The van der Waals surface area contributed by atoms with E-state index in [0.717, 1.165) is 53.1 Å². The van der Waals surface area contributed by atoms with E-state index in [4.69, 9.17) is 14.2 Å². The van der Waals surface area contributed by atoms with E-state index < -0.39 is 0 Å². The number of carbonyl (C=O) groups excluding carboxylic acids is 1. The Morgan fingerprint density at radius 2 is 1.68 bits per heavy atom. The Labute approximate surface area is 217 Å². The third kappa shape index (κ3) is 5.37. The van der Waals surface area contributed by atoms with Crippen LogP contribution in [0.1, 0.15) is 35.3 Å². The molecule has 4 aromatic rings. The lowest BCUT2D eigenvalue weighted by Gasteiger charge is -2.22. The van der Waals surface area contributed by atoms with E-state index in [-0.39, 0.29) is 18.1 Å². The van der Waals surface area contributed by atoms with E-state index in [1.165, 1.54) is 0 Å². The number of benzene rings is 3. The molecule has 1 aliphatic carbocycles. The molecule has 2 atom stereocenters. The highest BCUT2D eigenvalue weighted by atomic mass is 16.5. The summed E-state index contributed by atoms with van der Waals surface area (Å²) in [5.74, 6) is 1.30. The molecule has 3 aromatic carbocycles. The molecule has 1 N–H and O–H groups in total. The van der Waals surface area contributed by atoms with Crippen molar-refractivity contribution in [3.8, 4) is 28.3 Å². The van der Waals surface area contributed by atoms with Crippen LogP contribution in [0, 0.1) is 0 Å². The minimum absolute atomic E-state index is 0.00403. The molecule has 0 saturated heterocycles. The number of methoxy groups -OCH3 is 2. The fourth-order valence-electron chi connectivity index (χ4n) is 4.90. The molecular weight excluding hydrogens is 466 g/mol. The van der Waals surface area contributed by atoms with Gasteiger partial charge >= 0.3 is 0 Å². The van der Waals surface area contributed by atoms with Gasteiger partial charge in [0.2, 0.25) is 0 Å². The molecule has 1 aromatic heterocycles. The molecule has 1 heterocycles. The first-order chi connectivity index (χ1) is 18.2. The number of amides is 1. The maximum Gasteiger partial charge on any atom is 0.270 e. The number of nitrogens with zero attached hydrogens (tertiary/aromatic N) is 2. The highest BCUT2D eigenvalue weighted by molar-refractivity contribution is 5.93. The molecule has 1 aliphatic rings.